The smallest absolute Gasteiger partial charge is 0.262 e. The SMILES string of the molecule is CCOc1cc(CNc2ccc(Cl)cc2)ccc1OCC(=O)Nc1ccccc1C. The number of carbonyl (C=O) groups is 1. The van der Waals surface area contributed by atoms with Crippen LogP contribution in [0, 0.1) is 6.92 Å². The molecular weight excluding hydrogens is 400 g/mol. The van der Waals surface area contributed by atoms with E-state index in [1.54, 1.807) is 0 Å². The number of anilines is 2. The van der Waals surface area contributed by atoms with E-state index < -0.39 is 0 Å². The van der Waals surface area contributed by atoms with E-state index in [0.29, 0.717) is 29.7 Å². The molecule has 0 aliphatic carbocycles. The van der Waals surface area contributed by atoms with Crippen LogP contribution in [0.5, 0.6) is 11.5 Å². The summed E-state index contributed by atoms with van der Waals surface area (Å²) in [6, 6.07) is 20.8. The number of nitrogens with one attached hydrogen (secondary N) is 2. The summed E-state index contributed by atoms with van der Waals surface area (Å²) in [7, 11) is 0. The van der Waals surface area contributed by atoms with Crippen molar-refractivity contribution >= 4 is 28.9 Å². The molecule has 156 valence electrons. The minimum Gasteiger partial charge on any atom is -0.490 e. The van der Waals surface area contributed by atoms with Gasteiger partial charge in [-0.25, -0.2) is 0 Å². The Morgan fingerprint density at radius 1 is 0.967 bits per heavy atom. The molecule has 0 fully saturated rings. The third-order valence-electron chi connectivity index (χ3n) is 4.43. The molecule has 0 atom stereocenters. The van der Waals surface area contributed by atoms with Crippen LogP contribution < -0.4 is 20.1 Å². The summed E-state index contributed by atoms with van der Waals surface area (Å²) in [6.07, 6.45) is 0. The molecule has 3 aromatic rings. The van der Waals surface area contributed by atoms with E-state index >= 15 is 0 Å². The number of para-hydroxylation sites is 1. The molecule has 30 heavy (non-hydrogen) atoms. The second-order valence-corrected chi connectivity index (χ2v) is 7.16. The molecule has 5 nitrogen and oxygen atoms in total. The Hall–Kier alpha value is -3.18. The molecule has 2 N–H and O–H groups in total. The van der Waals surface area contributed by atoms with Crippen molar-refractivity contribution in [3.63, 3.8) is 0 Å². The van der Waals surface area contributed by atoms with Crippen molar-refractivity contribution in [1.82, 2.24) is 0 Å². The molecule has 0 bridgehead atoms. The first-order chi connectivity index (χ1) is 14.5. The van der Waals surface area contributed by atoms with E-state index in [0.717, 1.165) is 22.5 Å². The fourth-order valence-electron chi connectivity index (χ4n) is 2.86. The van der Waals surface area contributed by atoms with E-state index in [1.165, 1.54) is 0 Å². The molecule has 0 aliphatic rings. The first-order valence-electron chi connectivity index (χ1n) is 9.78. The highest BCUT2D eigenvalue weighted by atomic mass is 35.5. The summed E-state index contributed by atoms with van der Waals surface area (Å²) in [5.41, 5.74) is 3.79. The average molecular weight is 425 g/mol. The predicted octanol–water partition coefficient (Wildman–Crippen LogP) is 5.68. The van der Waals surface area contributed by atoms with Crippen LogP contribution in [0.25, 0.3) is 0 Å². The van der Waals surface area contributed by atoms with Gasteiger partial charge in [0.15, 0.2) is 18.1 Å². The van der Waals surface area contributed by atoms with Gasteiger partial charge in [-0.05, 0) is 67.4 Å². The third-order valence-corrected chi connectivity index (χ3v) is 4.68. The highest BCUT2D eigenvalue weighted by Crippen LogP contribution is 2.29. The van der Waals surface area contributed by atoms with Crippen molar-refractivity contribution in [2.45, 2.75) is 20.4 Å². The molecule has 0 unspecified atom stereocenters. The van der Waals surface area contributed by atoms with Crippen molar-refractivity contribution in [1.29, 1.82) is 0 Å². The van der Waals surface area contributed by atoms with Gasteiger partial charge in [0.05, 0.1) is 6.61 Å². The van der Waals surface area contributed by atoms with Crippen LogP contribution in [-0.2, 0) is 11.3 Å². The van der Waals surface area contributed by atoms with Crippen molar-refractivity contribution in [3.8, 4) is 11.5 Å². The topological polar surface area (TPSA) is 59.6 Å². The Balaban J connectivity index is 1.60. The van der Waals surface area contributed by atoms with Crippen molar-refractivity contribution < 1.29 is 14.3 Å². The summed E-state index contributed by atoms with van der Waals surface area (Å²) in [5, 5.41) is 6.90. The number of hydrogen-bond acceptors (Lipinski definition) is 4. The average Bonchev–Trinajstić information content (AvgIpc) is 2.74. The molecule has 0 saturated carbocycles. The highest BCUT2D eigenvalue weighted by Gasteiger charge is 2.10. The van der Waals surface area contributed by atoms with Gasteiger partial charge in [-0.3, -0.25) is 4.79 Å². The van der Waals surface area contributed by atoms with Gasteiger partial charge in [0.1, 0.15) is 0 Å². The third kappa shape index (κ3) is 6.16. The lowest BCUT2D eigenvalue weighted by molar-refractivity contribution is -0.118. The molecule has 0 spiro atoms. The Bertz CT molecular complexity index is 990. The summed E-state index contributed by atoms with van der Waals surface area (Å²) >= 11 is 5.92. The molecule has 0 heterocycles. The monoisotopic (exact) mass is 424 g/mol. The summed E-state index contributed by atoms with van der Waals surface area (Å²) in [4.78, 5) is 12.3. The molecule has 1 amide bonds. The Kier molecular flexibility index (Phi) is 7.57. The van der Waals surface area contributed by atoms with Crippen LogP contribution in [0.4, 0.5) is 11.4 Å². The van der Waals surface area contributed by atoms with Gasteiger partial charge < -0.3 is 20.1 Å². The van der Waals surface area contributed by atoms with E-state index in [2.05, 4.69) is 10.6 Å². The zero-order valence-electron chi connectivity index (χ0n) is 17.1. The van der Waals surface area contributed by atoms with Gasteiger partial charge in [-0.2, -0.15) is 0 Å². The Morgan fingerprint density at radius 3 is 2.47 bits per heavy atom. The molecule has 0 aromatic heterocycles. The lowest BCUT2D eigenvalue weighted by Gasteiger charge is -2.14. The van der Waals surface area contributed by atoms with Crippen LogP contribution >= 0.6 is 11.6 Å². The summed E-state index contributed by atoms with van der Waals surface area (Å²) in [6.45, 7) is 4.88. The van der Waals surface area contributed by atoms with E-state index in [9.17, 15) is 4.79 Å². The normalized spacial score (nSPS) is 10.4. The zero-order chi connectivity index (χ0) is 21.3. The largest absolute Gasteiger partial charge is 0.490 e. The van der Waals surface area contributed by atoms with Gasteiger partial charge in [-0.1, -0.05) is 35.9 Å². The fourth-order valence-corrected chi connectivity index (χ4v) is 2.99. The number of rotatable bonds is 9. The second-order valence-electron chi connectivity index (χ2n) is 6.73. The number of amides is 1. The number of benzene rings is 3. The molecule has 0 aliphatic heterocycles. The standard InChI is InChI=1S/C24H25ClN2O3/c1-3-29-23-14-18(15-26-20-11-9-19(25)10-12-20)8-13-22(23)30-16-24(28)27-21-7-5-4-6-17(21)2/h4-14,26H,3,15-16H2,1-2H3,(H,27,28). The maximum atomic E-state index is 12.3. The molecule has 3 rings (SSSR count). The summed E-state index contributed by atoms with van der Waals surface area (Å²) < 4.78 is 11.4. The number of halogens is 1. The van der Waals surface area contributed by atoms with Gasteiger partial charge in [0, 0.05) is 22.9 Å². The van der Waals surface area contributed by atoms with E-state index in [4.69, 9.17) is 21.1 Å². The highest BCUT2D eigenvalue weighted by molar-refractivity contribution is 6.30. The van der Waals surface area contributed by atoms with Gasteiger partial charge in [0.2, 0.25) is 0 Å². The lowest BCUT2D eigenvalue weighted by atomic mass is 10.2. The quantitative estimate of drug-likeness (QED) is 0.464. The minimum atomic E-state index is -0.222. The van der Waals surface area contributed by atoms with Crippen LogP contribution in [-0.4, -0.2) is 19.1 Å². The molecule has 0 saturated heterocycles. The number of carbonyl (C=O) groups excluding carboxylic acids is 1. The molecule has 3 aromatic carbocycles. The van der Waals surface area contributed by atoms with Crippen LogP contribution in [0.1, 0.15) is 18.1 Å². The van der Waals surface area contributed by atoms with Crippen molar-refractivity contribution in [2.24, 2.45) is 0 Å². The number of ether oxygens (including phenoxy) is 2. The Labute approximate surface area is 182 Å². The molecule has 0 radical (unpaired) electrons. The number of hydrogen-bond donors (Lipinski definition) is 2. The van der Waals surface area contributed by atoms with Gasteiger partial charge >= 0.3 is 0 Å². The molecule has 6 heteroatoms. The van der Waals surface area contributed by atoms with Gasteiger partial charge in [0.25, 0.3) is 5.91 Å². The van der Waals surface area contributed by atoms with E-state index in [1.807, 2.05) is 80.6 Å². The first-order valence-corrected chi connectivity index (χ1v) is 10.2. The van der Waals surface area contributed by atoms with Gasteiger partial charge in [-0.15, -0.1) is 0 Å². The first kappa shape index (κ1) is 21.5. The van der Waals surface area contributed by atoms with Crippen molar-refractivity contribution in [2.75, 3.05) is 23.8 Å². The summed E-state index contributed by atoms with van der Waals surface area (Å²) in [5.74, 6) is 0.920. The van der Waals surface area contributed by atoms with E-state index in [-0.39, 0.29) is 12.5 Å². The second kappa shape index (κ2) is 10.6. The lowest BCUT2D eigenvalue weighted by Crippen LogP contribution is -2.20. The zero-order valence-corrected chi connectivity index (χ0v) is 17.8. The number of aryl methyl sites for hydroxylation is 1. The minimum absolute atomic E-state index is 0.100. The maximum Gasteiger partial charge on any atom is 0.262 e. The Morgan fingerprint density at radius 2 is 1.73 bits per heavy atom. The maximum absolute atomic E-state index is 12.3. The fraction of sp³-hybridized carbons (Fsp3) is 0.208. The van der Waals surface area contributed by atoms with Crippen LogP contribution in [0.15, 0.2) is 66.7 Å². The van der Waals surface area contributed by atoms with Crippen LogP contribution in [0.2, 0.25) is 5.02 Å². The predicted molar refractivity (Wildman–Crippen MR) is 122 cm³/mol. The van der Waals surface area contributed by atoms with Crippen LogP contribution in [0.3, 0.4) is 0 Å². The molecular formula is C24H25ClN2O3. The van der Waals surface area contributed by atoms with Crippen molar-refractivity contribution in [3.05, 3.63) is 82.9 Å².